The van der Waals surface area contributed by atoms with E-state index in [1.165, 1.54) is 5.56 Å². The molecule has 7 heteroatoms. The molecule has 2 N–H and O–H groups in total. The van der Waals surface area contributed by atoms with E-state index in [2.05, 4.69) is 21.7 Å². The summed E-state index contributed by atoms with van der Waals surface area (Å²) < 4.78 is 28.3. The zero-order valence-electron chi connectivity index (χ0n) is 15.1. The second kappa shape index (κ2) is 10.2. The predicted molar refractivity (Wildman–Crippen MR) is 99.7 cm³/mol. The van der Waals surface area contributed by atoms with E-state index in [0.717, 1.165) is 24.3 Å². The Hall–Kier alpha value is -1.76. The number of guanidine groups is 1. The van der Waals surface area contributed by atoms with Gasteiger partial charge in [0.2, 0.25) is 0 Å². The highest BCUT2D eigenvalue weighted by Crippen LogP contribution is 2.18. The van der Waals surface area contributed by atoms with Crippen molar-refractivity contribution in [3.63, 3.8) is 0 Å². The van der Waals surface area contributed by atoms with Crippen LogP contribution in [0.1, 0.15) is 25.0 Å². The molecule has 0 aromatic heterocycles. The first-order valence-corrected chi connectivity index (χ1v) is 10.1. The van der Waals surface area contributed by atoms with Crippen LogP contribution < -0.4 is 15.4 Å². The van der Waals surface area contributed by atoms with Crippen LogP contribution in [0.25, 0.3) is 0 Å². The van der Waals surface area contributed by atoms with Crippen LogP contribution in [0, 0.1) is 6.92 Å². The molecule has 0 aliphatic heterocycles. The fourth-order valence-corrected chi connectivity index (χ4v) is 2.79. The van der Waals surface area contributed by atoms with Crippen molar-refractivity contribution in [2.75, 3.05) is 38.2 Å². The lowest BCUT2D eigenvalue weighted by Crippen LogP contribution is -2.38. The first-order chi connectivity index (χ1) is 11.4. The van der Waals surface area contributed by atoms with E-state index >= 15 is 0 Å². The third-order valence-electron chi connectivity index (χ3n) is 3.63. The van der Waals surface area contributed by atoms with E-state index in [0.29, 0.717) is 12.5 Å². The summed E-state index contributed by atoms with van der Waals surface area (Å²) in [4.78, 5) is 4.32. The molecule has 0 saturated heterocycles. The van der Waals surface area contributed by atoms with E-state index in [9.17, 15) is 8.42 Å². The normalized spacial score (nSPS) is 12.1. The molecule has 0 radical (unpaired) electrons. The van der Waals surface area contributed by atoms with Gasteiger partial charge in [0.25, 0.3) is 0 Å². The van der Waals surface area contributed by atoms with Gasteiger partial charge in [0.1, 0.15) is 5.75 Å². The summed E-state index contributed by atoms with van der Waals surface area (Å²) in [7, 11) is -1.31. The van der Waals surface area contributed by atoms with Crippen LogP contribution in [0.5, 0.6) is 5.75 Å². The van der Waals surface area contributed by atoms with Crippen LogP contribution in [0.15, 0.2) is 23.2 Å². The molecule has 0 heterocycles. The second-order valence-corrected chi connectivity index (χ2v) is 7.95. The fraction of sp³-hybridized carbons (Fsp3) is 0.588. The van der Waals surface area contributed by atoms with E-state index < -0.39 is 9.84 Å². The quantitative estimate of drug-likeness (QED) is 0.519. The Morgan fingerprint density at radius 1 is 1.25 bits per heavy atom. The second-order valence-electron chi connectivity index (χ2n) is 5.48. The number of aryl methyl sites for hydroxylation is 1. The molecule has 24 heavy (non-hydrogen) atoms. The number of nitrogens with one attached hydrogen (secondary N) is 2. The molecular formula is C17H29N3O3S. The molecule has 1 rings (SSSR count). The summed E-state index contributed by atoms with van der Waals surface area (Å²) in [5, 5.41) is 6.35. The molecule has 0 bridgehead atoms. The highest BCUT2D eigenvalue weighted by Gasteiger charge is 2.06. The predicted octanol–water partition coefficient (Wildman–Crippen LogP) is 1.54. The number of aliphatic imine (C=N–C) groups is 1. The summed E-state index contributed by atoms with van der Waals surface area (Å²) in [6.45, 7) is 7.34. The maximum Gasteiger partial charge on any atom is 0.191 e. The van der Waals surface area contributed by atoms with Gasteiger partial charge in [-0.25, -0.2) is 8.42 Å². The lowest BCUT2D eigenvalue weighted by Gasteiger charge is -2.12. The van der Waals surface area contributed by atoms with Crippen LogP contribution in [-0.4, -0.2) is 52.6 Å². The molecule has 136 valence electrons. The molecule has 1 aromatic carbocycles. The van der Waals surface area contributed by atoms with Gasteiger partial charge >= 0.3 is 0 Å². The Bertz CT molecular complexity index is 642. The van der Waals surface area contributed by atoms with Crippen molar-refractivity contribution in [2.45, 2.75) is 27.2 Å². The van der Waals surface area contributed by atoms with Crippen LogP contribution in [0.3, 0.4) is 0 Å². The molecule has 6 nitrogen and oxygen atoms in total. The average Bonchev–Trinajstić information content (AvgIpc) is 2.56. The maximum absolute atomic E-state index is 11.5. The summed E-state index contributed by atoms with van der Waals surface area (Å²) in [6.07, 6.45) is 0.828. The Balaban J connectivity index is 2.54. The summed E-state index contributed by atoms with van der Waals surface area (Å²) in [5.74, 6) is 1.76. The number of benzene rings is 1. The lowest BCUT2D eigenvalue weighted by atomic mass is 10.1. The first kappa shape index (κ1) is 20.3. The number of methoxy groups -OCH3 is 1. The van der Waals surface area contributed by atoms with Crippen molar-refractivity contribution in [1.82, 2.24) is 10.6 Å². The largest absolute Gasteiger partial charge is 0.496 e. The molecule has 0 atom stereocenters. The smallest absolute Gasteiger partial charge is 0.191 e. The van der Waals surface area contributed by atoms with Crippen molar-refractivity contribution in [3.05, 3.63) is 29.3 Å². The van der Waals surface area contributed by atoms with Gasteiger partial charge in [-0.05, 0) is 37.5 Å². The van der Waals surface area contributed by atoms with Gasteiger partial charge in [-0.3, -0.25) is 4.99 Å². The molecule has 0 aliphatic rings. The number of rotatable bonds is 9. The molecule has 1 aromatic rings. The number of hydrogen-bond donors (Lipinski definition) is 2. The van der Waals surface area contributed by atoms with E-state index in [4.69, 9.17) is 4.74 Å². The minimum Gasteiger partial charge on any atom is -0.496 e. The summed E-state index contributed by atoms with van der Waals surface area (Å²) in [5.41, 5.74) is 2.29. The summed E-state index contributed by atoms with van der Waals surface area (Å²) >= 11 is 0. The van der Waals surface area contributed by atoms with Crippen molar-refractivity contribution < 1.29 is 13.2 Å². The molecule has 0 unspecified atom stereocenters. The SMILES string of the molecule is CCNC(=NCCS(=O)(=O)CC)NCCc1ccc(C)c(OC)c1. The first-order valence-electron chi connectivity index (χ1n) is 8.28. The Morgan fingerprint density at radius 2 is 2.00 bits per heavy atom. The number of hydrogen-bond acceptors (Lipinski definition) is 4. The molecule has 0 fully saturated rings. The third-order valence-corrected chi connectivity index (χ3v) is 5.32. The van der Waals surface area contributed by atoms with Crippen LogP contribution in [0.2, 0.25) is 0 Å². The van der Waals surface area contributed by atoms with Gasteiger partial charge in [0.05, 0.1) is 19.4 Å². The Labute approximate surface area is 145 Å². The van der Waals surface area contributed by atoms with Crippen LogP contribution >= 0.6 is 0 Å². The van der Waals surface area contributed by atoms with Crippen molar-refractivity contribution in [2.24, 2.45) is 4.99 Å². The standard InChI is InChI=1S/C17H29N3O3S/c1-5-18-17(20-11-12-24(21,22)6-2)19-10-9-15-8-7-14(3)16(13-15)23-4/h7-8,13H,5-6,9-12H2,1-4H3,(H2,18,19,20). The average molecular weight is 356 g/mol. The fourth-order valence-electron chi connectivity index (χ4n) is 2.13. The number of sulfone groups is 1. The minimum atomic E-state index is -2.98. The molecule has 0 amide bonds. The Morgan fingerprint density at radius 3 is 2.62 bits per heavy atom. The molecule has 0 saturated carbocycles. The number of ether oxygens (including phenoxy) is 1. The monoisotopic (exact) mass is 355 g/mol. The zero-order valence-corrected chi connectivity index (χ0v) is 15.9. The van der Waals surface area contributed by atoms with Gasteiger partial charge in [-0.2, -0.15) is 0 Å². The van der Waals surface area contributed by atoms with Crippen molar-refractivity contribution in [3.8, 4) is 5.75 Å². The van der Waals surface area contributed by atoms with Gasteiger partial charge in [0, 0.05) is 18.8 Å². The van der Waals surface area contributed by atoms with Crippen LogP contribution in [0.4, 0.5) is 0 Å². The molecule has 0 spiro atoms. The van der Waals surface area contributed by atoms with E-state index in [-0.39, 0.29) is 18.1 Å². The minimum absolute atomic E-state index is 0.0786. The highest BCUT2D eigenvalue weighted by molar-refractivity contribution is 7.91. The van der Waals surface area contributed by atoms with E-state index in [1.807, 2.05) is 26.0 Å². The Kier molecular flexibility index (Phi) is 8.60. The highest BCUT2D eigenvalue weighted by atomic mass is 32.2. The van der Waals surface area contributed by atoms with E-state index in [1.54, 1.807) is 14.0 Å². The summed E-state index contributed by atoms with van der Waals surface area (Å²) in [6, 6.07) is 6.16. The topological polar surface area (TPSA) is 79.8 Å². The van der Waals surface area contributed by atoms with Crippen LogP contribution in [-0.2, 0) is 16.3 Å². The molecule has 0 aliphatic carbocycles. The van der Waals surface area contributed by atoms with Gasteiger partial charge in [-0.1, -0.05) is 19.1 Å². The van der Waals surface area contributed by atoms with Crippen molar-refractivity contribution in [1.29, 1.82) is 0 Å². The lowest BCUT2D eigenvalue weighted by molar-refractivity contribution is 0.411. The zero-order chi connectivity index (χ0) is 18.0. The maximum atomic E-state index is 11.5. The van der Waals surface area contributed by atoms with Crippen molar-refractivity contribution >= 4 is 15.8 Å². The molecular weight excluding hydrogens is 326 g/mol. The number of nitrogens with zero attached hydrogens (tertiary/aromatic N) is 1. The third kappa shape index (κ3) is 7.21. The van der Waals surface area contributed by atoms with Gasteiger partial charge in [0.15, 0.2) is 15.8 Å². The van der Waals surface area contributed by atoms with Gasteiger partial charge in [-0.15, -0.1) is 0 Å². The van der Waals surface area contributed by atoms with Gasteiger partial charge < -0.3 is 15.4 Å².